The molecule has 0 amide bonds. The van der Waals surface area contributed by atoms with Gasteiger partial charge in [0.2, 0.25) is 0 Å². The average molecular weight is 537 g/mol. The third-order valence-corrected chi connectivity index (χ3v) is 7.00. The molecule has 1 N–H and O–H groups in total. The van der Waals surface area contributed by atoms with Crippen LogP contribution in [-0.2, 0) is 0 Å². The van der Waals surface area contributed by atoms with E-state index in [1.54, 1.807) is 0 Å². The van der Waals surface area contributed by atoms with Gasteiger partial charge < -0.3 is 9.84 Å². The van der Waals surface area contributed by atoms with Gasteiger partial charge in [0, 0.05) is 12.0 Å². The Morgan fingerprint density at radius 2 is 1.27 bits per heavy atom. The van der Waals surface area contributed by atoms with Crippen molar-refractivity contribution >= 4 is 33.5 Å². The second-order valence-electron chi connectivity index (χ2n) is 10.2. The van der Waals surface area contributed by atoms with Crippen LogP contribution in [0.1, 0.15) is 62.5 Å². The highest BCUT2D eigenvalue weighted by molar-refractivity contribution is 5.95. The summed E-state index contributed by atoms with van der Waals surface area (Å²) in [6, 6.07) is 26.0. The molecular formula is C34H40N4O2. The number of aliphatic hydroxyl groups excluding tert-OH is 1. The molecule has 0 aliphatic heterocycles. The standard InChI is InChI=1S/C34H40N4O2/c1-26-15-9-12-18-31(26)36-35-29-20-21-32(27(2)25-29)37-38-34-30-17-11-10-16-28(30)19-22-33(34)40-24-14-8-6-4-3-5-7-13-23-39/h9-12,15-22,25,39H,3-8,13-14,23-24H2,1-2H3. The highest BCUT2D eigenvalue weighted by atomic mass is 16.5. The van der Waals surface area contributed by atoms with E-state index in [2.05, 4.69) is 33.5 Å². The minimum absolute atomic E-state index is 0.307. The Labute approximate surface area is 237 Å². The lowest BCUT2D eigenvalue weighted by Crippen LogP contribution is -1.98. The fraction of sp³-hybridized carbons (Fsp3) is 0.353. The van der Waals surface area contributed by atoms with Crippen LogP contribution in [0.3, 0.4) is 0 Å². The Morgan fingerprint density at radius 3 is 2.05 bits per heavy atom. The molecule has 0 aliphatic rings. The monoisotopic (exact) mass is 536 g/mol. The van der Waals surface area contributed by atoms with Gasteiger partial charge in [0.15, 0.2) is 0 Å². The van der Waals surface area contributed by atoms with E-state index in [0.29, 0.717) is 13.2 Å². The zero-order valence-corrected chi connectivity index (χ0v) is 23.7. The van der Waals surface area contributed by atoms with Crippen LogP contribution in [0.5, 0.6) is 5.75 Å². The first kappa shape index (κ1) is 29.1. The van der Waals surface area contributed by atoms with Gasteiger partial charge >= 0.3 is 0 Å². The maximum Gasteiger partial charge on any atom is 0.147 e. The number of aryl methyl sites for hydroxylation is 2. The van der Waals surface area contributed by atoms with Gasteiger partial charge in [-0.3, -0.25) is 0 Å². The summed E-state index contributed by atoms with van der Waals surface area (Å²) in [6.45, 7) is 5.00. The number of azo groups is 2. The number of benzene rings is 4. The molecule has 4 rings (SSSR count). The van der Waals surface area contributed by atoms with Crippen molar-refractivity contribution < 1.29 is 9.84 Å². The van der Waals surface area contributed by atoms with Crippen LogP contribution in [0.4, 0.5) is 22.7 Å². The van der Waals surface area contributed by atoms with E-state index < -0.39 is 0 Å². The minimum atomic E-state index is 0.307. The summed E-state index contributed by atoms with van der Waals surface area (Å²) in [5.41, 5.74) is 5.24. The van der Waals surface area contributed by atoms with E-state index in [9.17, 15) is 0 Å². The van der Waals surface area contributed by atoms with Crippen LogP contribution in [0.15, 0.2) is 99.3 Å². The summed E-state index contributed by atoms with van der Waals surface area (Å²) >= 11 is 0. The molecule has 0 saturated carbocycles. The molecule has 0 bridgehead atoms. The number of hydrogen-bond donors (Lipinski definition) is 1. The number of unbranched alkanes of at least 4 members (excludes halogenated alkanes) is 7. The first-order valence-electron chi connectivity index (χ1n) is 14.4. The van der Waals surface area contributed by atoms with Gasteiger partial charge in [-0.2, -0.15) is 15.3 Å². The molecule has 0 unspecified atom stereocenters. The second-order valence-corrected chi connectivity index (χ2v) is 10.2. The van der Waals surface area contributed by atoms with Crippen LogP contribution in [-0.4, -0.2) is 18.3 Å². The van der Waals surface area contributed by atoms with Gasteiger partial charge in [-0.25, -0.2) is 0 Å². The molecule has 6 nitrogen and oxygen atoms in total. The predicted octanol–water partition coefficient (Wildman–Crippen LogP) is 10.8. The molecular weight excluding hydrogens is 496 g/mol. The lowest BCUT2D eigenvalue weighted by Gasteiger charge is -2.11. The lowest BCUT2D eigenvalue weighted by molar-refractivity contribution is 0.282. The average Bonchev–Trinajstić information content (AvgIpc) is 2.97. The molecule has 0 heterocycles. The molecule has 0 atom stereocenters. The fourth-order valence-electron chi connectivity index (χ4n) is 4.62. The lowest BCUT2D eigenvalue weighted by atomic mass is 10.1. The molecule has 0 spiro atoms. The second kappa shape index (κ2) is 15.6. The molecule has 0 radical (unpaired) electrons. The van der Waals surface area contributed by atoms with Gasteiger partial charge in [-0.1, -0.05) is 87.1 Å². The molecule has 0 fully saturated rings. The topological polar surface area (TPSA) is 78.9 Å². The number of hydrogen-bond acceptors (Lipinski definition) is 6. The maximum absolute atomic E-state index is 8.88. The number of aliphatic hydroxyl groups is 1. The Bertz CT molecular complexity index is 1430. The Kier molecular flexibility index (Phi) is 11.4. The summed E-state index contributed by atoms with van der Waals surface area (Å²) in [6.07, 6.45) is 9.12. The largest absolute Gasteiger partial charge is 0.491 e. The third-order valence-electron chi connectivity index (χ3n) is 7.00. The van der Waals surface area contributed by atoms with Crippen LogP contribution >= 0.6 is 0 Å². The van der Waals surface area contributed by atoms with Crippen molar-refractivity contribution in [2.24, 2.45) is 20.5 Å². The molecule has 0 aromatic heterocycles. The van der Waals surface area contributed by atoms with Crippen molar-refractivity contribution in [3.05, 3.63) is 90.0 Å². The van der Waals surface area contributed by atoms with E-state index in [4.69, 9.17) is 15.0 Å². The van der Waals surface area contributed by atoms with E-state index in [0.717, 1.165) is 76.1 Å². The Balaban J connectivity index is 1.41. The summed E-state index contributed by atoms with van der Waals surface area (Å²) in [4.78, 5) is 0. The zero-order chi connectivity index (χ0) is 28.0. The summed E-state index contributed by atoms with van der Waals surface area (Å²) in [5.74, 6) is 0.757. The maximum atomic E-state index is 8.88. The van der Waals surface area contributed by atoms with Gasteiger partial charge in [0.25, 0.3) is 0 Å². The molecule has 40 heavy (non-hydrogen) atoms. The molecule has 0 saturated heterocycles. The number of ether oxygens (including phenoxy) is 1. The molecule has 0 aliphatic carbocycles. The highest BCUT2D eigenvalue weighted by Gasteiger charge is 2.09. The summed E-state index contributed by atoms with van der Waals surface area (Å²) < 4.78 is 6.22. The first-order chi connectivity index (χ1) is 19.7. The van der Waals surface area contributed by atoms with Gasteiger partial charge in [-0.05, 0) is 73.5 Å². The fourth-order valence-corrected chi connectivity index (χ4v) is 4.62. The van der Waals surface area contributed by atoms with Gasteiger partial charge in [-0.15, -0.1) is 5.11 Å². The van der Waals surface area contributed by atoms with Gasteiger partial charge in [0.05, 0.1) is 23.7 Å². The van der Waals surface area contributed by atoms with Crippen molar-refractivity contribution in [2.45, 2.75) is 65.2 Å². The number of rotatable bonds is 15. The normalized spacial score (nSPS) is 11.7. The van der Waals surface area contributed by atoms with E-state index in [1.165, 1.54) is 25.7 Å². The minimum Gasteiger partial charge on any atom is -0.491 e. The SMILES string of the molecule is Cc1ccccc1N=Nc1ccc(N=Nc2c(OCCCCCCCCCCO)ccc3ccccc23)c(C)c1. The zero-order valence-electron chi connectivity index (χ0n) is 23.7. The third kappa shape index (κ3) is 8.55. The smallest absolute Gasteiger partial charge is 0.147 e. The quantitative estimate of drug-likeness (QED) is 0.121. The van der Waals surface area contributed by atoms with Crippen molar-refractivity contribution in [3.63, 3.8) is 0 Å². The highest BCUT2D eigenvalue weighted by Crippen LogP contribution is 2.38. The Hall–Kier alpha value is -3.90. The molecule has 4 aromatic rings. The van der Waals surface area contributed by atoms with Crippen LogP contribution in [0.25, 0.3) is 10.8 Å². The van der Waals surface area contributed by atoms with Crippen molar-refractivity contribution in [3.8, 4) is 5.75 Å². The number of fused-ring (bicyclic) bond motifs is 1. The predicted molar refractivity (Wildman–Crippen MR) is 164 cm³/mol. The van der Waals surface area contributed by atoms with E-state index >= 15 is 0 Å². The van der Waals surface area contributed by atoms with Crippen LogP contribution in [0.2, 0.25) is 0 Å². The summed E-state index contributed by atoms with van der Waals surface area (Å²) in [5, 5.41) is 29.1. The van der Waals surface area contributed by atoms with Crippen molar-refractivity contribution in [1.29, 1.82) is 0 Å². The van der Waals surface area contributed by atoms with Crippen LogP contribution in [0, 0.1) is 13.8 Å². The molecule has 208 valence electrons. The van der Waals surface area contributed by atoms with Crippen molar-refractivity contribution in [2.75, 3.05) is 13.2 Å². The first-order valence-corrected chi connectivity index (χ1v) is 14.4. The number of nitrogens with zero attached hydrogens (tertiary/aromatic N) is 4. The van der Waals surface area contributed by atoms with Crippen LogP contribution < -0.4 is 4.74 Å². The molecule has 6 heteroatoms. The molecule has 4 aromatic carbocycles. The van der Waals surface area contributed by atoms with E-state index in [1.807, 2.05) is 74.5 Å². The van der Waals surface area contributed by atoms with E-state index in [-0.39, 0.29) is 0 Å². The van der Waals surface area contributed by atoms with Gasteiger partial charge in [0.1, 0.15) is 11.4 Å². The summed E-state index contributed by atoms with van der Waals surface area (Å²) in [7, 11) is 0. The van der Waals surface area contributed by atoms with Crippen molar-refractivity contribution in [1.82, 2.24) is 0 Å². The Morgan fingerprint density at radius 1 is 0.600 bits per heavy atom.